The van der Waals surface area contributed by atoms with E-state index in [1.807, 2.05) is 6.92 Å². The molecule has 0 bridgehead atoms. The number of ether oxygens (including phenoxy) is 1. The van der Waals surface area contributed by atoms with Crippen LogP contribution < -0.4 is 20.7 Å². The lowest BCUT2D eigenvalue weighted by Crippen LogP contribution is -2.46. The Morgan fingerprint density at radius 1 is 1.19 bits per heavy atom. The minimum Gasteiger partial charge on any atom is -0.381 e. The average molecular weight is 465 g/mol. The number of amides is 1. The molecule has 3 aliphatic rings. The topological polar surface area (TPSA) is 109 Å². The lowest BCUT2D eigenvalue weighted by atomic mass is 9.84. The molecule has 1 aromatic carbocycles. The second-order valence-corrected chi connectivity index (χ2v) is 11.2. The molecule has 2 heterocycles. The van der Waals surface area contributed by atoms with E-state index in [9.17, 15) is 13.2 Å². The first-order valence-electron chi connectivity index (χ1n) is 11.8. The van der Waals surface area contributed by atoms with E-state index < -0.39 is 10.0 Å². The number of rotatable bonds is 7. The largest absolute Gasteiger partial charge is 0.381 e. The second-order valence-electron chi connectivity index (χ2n) is 9.47. The van der Waals surface area contributed by atoms with Crippen LogP contribution in [0, 0.1) is 11.8 Å². The summed E-state index contributed by atoms with van der Waals surface area (Å²) in [6.07, 6.45) is 4.72. The van der Waals surface area contributed by atoms with E-state index in [1.54, 1.807) is 31.4 Å². The fraction of sp³-hybridized carbons (Fsp3) is 0.696. The van der Waals surface area contributed by atoms with Crippen LogP contribution in [0.4, 0.5) is 0 Å². The van der Waals surface area contributed by atoms with Crippen LogP contribution in [0.3, 0.4) is 0 Å². The molecule has 8 nitrogen and oxygen atoms in total. The first-order chi connectivity index (χ1) is 15.4. The van der Waals surface area contributed by atoms with Crippen LogP contribution in [0.25, 0.3) is 0 Å². The number of nitrogens with one attached hydrogen (secondary N) is 4. The molecule has 4 rings (SSSR count). The normalized spacial score (nSPS) is 32.9. The Balaban J connectivity index is 1.30. The first-order valence-corrected chi connectivity index (χ1v) is 13.2. The van der Waals surface area contributed by atoms with Gasteiger partial charge in [-0.1, -0.05) is 19.1 Å². The Kier molecular flexibility index (Phi) is 7.51. The van der Waals surface area contributed by atoms with Crippen LogP contribution in [0.15, 0.2) is 29.2 Å². The van der Waals surface area contributed by atoms with Crippen molar-refractivity contribution in [2.75, 3.05) is 20.2 Å². The van der Waals surface area contributed by atoms with E-state index in [0.717, 1.165) is 50.8 Å². The summed E-state index contributed by atoms with van der Waals surface area (Å²) < 4.78 is 34.1. The Labute approximate surface area is 191 Å². The maximum Gasteiger partial charge on any atom is 0.240 e. The maximum absolute atomic E-state index is 12.9. The van der Waals surface area contributed by atoms with Gasteiger partial charge < -0.3 is 20.7 Å². The number of carbonyl (C=O) groups is 1. The van der Waals surface area contributed by atoms with E-state index in [2.05, 4.69) is 20.7 Å². The maximum atomic E-state index is 12.9. The van der Waals surface area contributed by atoms with Crippen LogP contribution in [0.2, 0.25) is 0 Å². The summed E-state index contributed by atoms with van der Waals surface area (Å²) >= 11 is 0. The number of methoxy groups -OCH3 is 1. The van der Waals surface area contributed by atoms with Gasteiger partial charge in [0.25, 0.3) is 0 Å². The Hall–Kier alpha value is -1.52. The molecule has 1 aromatic rings. The molecule has 32 heavy (non-hydrogen) atoms. The highest BCUT2D eigenvalue weighted by Crippen LogP contribution is 2.28. The molecule has 1 amide bonds. The molecule has 6 unspecified atom stereocenters. The number of benzene rings is 1. The van der Waals surface area contributed by atoms with Crippen LogP contribution in [-0.4, -0.2) is 58.8 Å². The molecule has 0 aromatic heterocycles. The molecule has 9 heteroatoms. The molecule has 2 saturated heterocycles. The first kappa shape index (κ1) is 23.6. The molecular weight excluding hydrogens is 428 g/mol. The van der Waals surface area contributed by atoms with Gasteiger partial charge in [0.15, 0.2) is 0 Å². The van der Waals surface area contributed by atoms with Crippen LogP contribution >= 0.6 is 0 Å². The number of fused-ring (bicyclic) bond motifs is 1. The van der Waals surface area contributed by atoms with Gasteiger partial charge in [0, 0.05) is 25.7 Å². The Morgan fingerprint density at radius 3 is 2.69 bits per heavy atom. The third kappa shape index (κ3) is 5.34. The molecule has 4 N–H and O–H groups in total. The van der Waals surface area contributed by atoms with Crippen LogP contribution in [0.1, 0.15) is 44.6 Å². The summed E-state index contributed by atoms with van der Waals surface area (Å²) in [6.45, 7) is 4.39. The third-order valence-corrected chi connectivity index (χ3v) is 8.92. The molecule has 0 spiro atoms. The molecule has 2 aliphatic heterocycles. The minimum atomic E-state index is -3.61. The molecule has 6 atom stereocenters. The van der Waals surface area contributed by atoms with E-state index in [0.29, 0.717) is 18.5 Å². The fourth-order valence-corrected chi connectivity index (χ4v) is 6.75. The number of hydrogen-bond acceptors (Lipinski definition) is 6. The number of sulfonamides is 1. The number of hydrogen-bond donors (Lipinski definition) is 4. The second kappa shape index (κ2) is 10.2. The van der Waals surface area contributed by atoms with E-state index >= 15 is 0 Å². The predicted octanol–water partition coefficient (Wildman–Crippen LogP) is 1.12. The third-order valence-electron chi connectivity index (χ3n) is 7.41. The van der Waals surface area contributed by atoms with Gasteiger partial charge >= 0.3 is 0 Å². The van der Waals surface area contributed by atoms with Crippen molar-refractivity contribution in [3.8, 4) is 0 Å². The fourth-order valence-electron chi connectivity index (χ4n) is 5.39. The van der Waals surface area contributed by atoms with Gasteiger partial charge in [-0.3, -0.25) is 4.79 Å². The molecular formula is C23H36N4O4S. The van der Waals surface area contributed by atoms with Gasteiger partial charge in [0.2, 0.25) is 15.9 Å². The van der Waals surface area contributed by atoms with Crippen molar-refractivity contribution in [2.24, 2.45) is 11.8 Å². The van der Waals surface area contributed by atoms with Gasteiger partial charge in [-0.25, -0.2) is 13.1 Å². The summed E-state index contributed by atoms with van der Waals surface area (Å²) in [5.41, 5.74) is 0.875. The molecule has 3 fully saturated rings. The Bertz CT molecular complexity index is 878. The van der Waals surface area contributed by atoms with Gasteiger partial charge in [0.05, 0.1) is 17.0 Å². The SMILES string of the molecule is COC1CCCC(NS(=O)(=O)c2ccc(CNC(=O)C3CC4CNCCC4N3)cc2)C1C. The van der Waals surface area contributed by atoms with Gasteiger partial charge in [-0.15, -0.1) is 0 Å². The summed E-state index contributed by atoms with van der Waals surface area (Å²) in [7, 11) is -1.92. The van der Waals surface area contributed by atoms with E-state index in [-0.39, 0.29) is 34.9 Å². The highest BCUT2D eigenvalue weighted by molar-refractivity contribution is 7.89. The molecule has 1 saturated carbocycles. The number of carbonyl (C=O) groups excluding carboxylic acids is 1. The smallest absolute Gasteiger partial charge is 0.240 e. The van der Waals surface area contributed by atoms with Crippen LogP contribution in [-0.2, 0) is 26.1 Å². The van der Waals surface area contributed by atoms with Gasteiger partial charge in [-0.05, 0) is 74.7 Å². The van der Waals surface area contributed by atoms with Crippen molar-refractivity contribution >= 4 is 15.9 Å². The lowest BCUT2D eigenvalue weighted by molar-refractivity contribution is -0.123. The average Bonchev–Trinajstić information content (AvgIpc) is 3.23. The van der Waals surface area contributed by atoms with Crippen molar-refractivity contribution < 1.29 is 17.9 Å². The predicted molar refractivity (Wildman–Crippen MR) is 123 cm³/mol. The summed E-state index contributed by atoms with van der Waals surface area (Å²) in [5.74, 6) is 0.654. The summed E-state index contributed by atoms with van der Waals surface area (Å²) in [5, 5.41) is 9.84. The summed E-state index contributed by atoms with van der Waals surface area (Å²) in [6, 6.07) is 6.90. The lowest BCUT2D eigenvalue weighted by Gasteiger charge is -2.35. The zero-order chi connectivity index (χ0) is 22.7. The van der Waals surface area contributed by atoms with Crippen LogP contribution in [0.5, 0.6) is 0 Å². The van der Waals surface area contributed by atoms with E-state index in [4.69, 9.17) is 4.74 Å². The van der Waals surface area contributed by atoms with Crippen molar-refractivity contribution in [1.82, 2.24) is 20.7 Å². The van der Waals surface area contributed by atoms with Gasteiger partial charge in [0.1, 0.15) is 0 Å². The quantitative estimate of drug-likeness (QED) is 0.482. The van der Waals surface area contributed by atoms with Gasteiger partial charge in [-0.2, -0.15) is 0 Å². The van der Waals surface area contributed by atoms with Crippen molar-refractivity contribution in [3.05, 3.63) is 29.8 Å². The monoisotopic (exact) mass is 464 g/mol. The van der Waals surface area contributed by atoms with Crippen molar-refractivity contribution in [1.29, 1.82) is 0 Å². The van der Waals surface area contributed by atoms with E-state index in [1.165, 1.54) is 0 Å². The Morgan fingerprint density at radius 2 is 1.97 bits per heavy atom. The molecule has 178 valence electrons. The zero-order valence-corrected chi connectivity index (χ0v) is 19.8. The highest BCUT2D eigenvalue weighted by atomic mass is 32.2. The van der Waals surface area contributed by atoms with Crippen molar-refractivity contribution in [2.45, 2.75) is 74.7 Å². The zero-order valence-electron chi connectivity index (χ0n) is 19.0. The number of piperidine rings is 1. The summed E-state index contributed by atoms with van der Waals surface area (Å²) in [4.78, 5) is 12.8. The highest BCUT2D eigenvalue weighted by Gasteiger charge is 2.38. The van der Waals surface area contributed by atoms with Crippen molar-refractivity contribution in [3.63, 3.8) is 0 Å². The minimum absolute atomic E-state index is 0.0109. The molecule has 0 radical (unpaired) electrons. The standard InChI is InChI=1S/C23H36N4O4S/c1-15-19(4-3-5-22(15)31-2)27-32(29,30)18-8-6-16(7-9-18)13-25-23(28)21-12-17-14-24-11-10-20(17)26-21/h6-9,15,17,19-22,24,26-27H,3-5,10-14H2,1-2H3,(H,25,28). The molecule has 1 aliphatic carbocycles.